The number of pyridine rings is 1. The van der Waals surface area contributed by atoms with E-state index in [0.29, 0.717) is 6.20 Å². The molecule has 1 N–H and O–H groups in total. The summed E-state index contributed by atoms with van der Waals surface area (Å²) in [5.74, 6) is -2.33. The second kappa shape index (κ2) is 5.08. The van der Waals surface area contributed by atoms with E-state index < -0.39 is 35.2 Å². The average molecular weight is 280 g/mol. The Hall–Kier alpha value is -2.39. The van der Waals surface area contributed by atoms with Gasteiger partial charge in [0.25, 0.3) is 5.69 Å². The molecule has 0 saturated heterocycles. The number of hydrogen-bond acceptors (Lipinski definition) is 5. The molecule has 1 aromatic rings. The van der Waals surface area contributed by atoms with Crippen LogP contribution in [0.5, 0.6) is 5.88 Å². The van der Waals surface area contributed by atoms with Crippen LogP contribution in [0.1, 0.15) is 11.1 Å². The summed E-state index contributed by atoms with van der Waals surface area (Å²) in [6, 6.07) is 0. The molecule has 0 radical (unpaired) electrons. The number of alkyl halides is 3. The fraction of sp³-hybridized carbons (Fsp3) is 0.333. The van der Waals surface area contributed by atoms with E-state index in [1.807, 2.05) is 0 Å². The maximum atomic E-state index is 12.1. The molecule has 1 heterocycles. The third-order valence-corrected chi connectivity index (χ3v) is 2.12. The van der Waals surface area contributed by atoms with Crippen molar-refractivity contribution in [3.63, 3.8) is 0 Å². The van der Waals surface area contributed by atoms with Gasteiger partial charge in [-0.3, -0.25) is 14.9 Å². The highest BCUT2D eigenvalue weighted by molar-refractivity contribution is 5.73. The first-order chi connectivity index (χ1) is 8.61. The monoisotopic (exact) mass is 280 g/mol. The van der Waals surface area contributed by atoms with Crippen molar-refractivity contribution in [2.45, 2.75) is 19.7 Å². The van der Waals surface area contributed by atoms with Gasteiger partial charge in [-0.1, -0.05) is 0 Å². The maximum Gasteiger partial charge on any atom is 0.574 e. The fourth-order valence-corrected chi connectivity index (χ4v) is 1.36. The molecular formula is C9H7F3N2O5. The van der Waals surface area contributed by atoms with Crippen molar-refractivity contribution in [3.8, 4) is 5.88 Å². The number of nitro groups is 1. The van der Waals surface area contributed by atoms with Crippen molar-refractivity contribution in [2.24, 2.45) is 0 Å². The quantitative estimate of drug-likeness (QED) is 0.666. The molecule has 0 spiro atoms. The summed E-state index contributed by atoms with van der Waals surface area (Å²) < 4.78 is 39.7. The highest BCUT2D eigenvalue weighted by Crippen LogP contribution is 2.31. The summed E-state index contributed by atoms with van der Waals surface area (Å²) in [7, 11) is 0. The van der Waals surface area contributed by atoms with Gasteiger partial charge < -0.3 is 9.84 Å². The Balaban J connectivity index is 3.33. The number of aliphatic carboxylic acids is 1. The van der Waals surface area contributed by atoms with Crippen LogP contribution < -0.4 is 4.74 Å². The van der Waals surface area contributed by atoms with Crippen LogP contribution in [0.4, 0.5) is 18.9 Å². The molecule has 0 bridgehead atoms. The van der Waals surface area contributed by atoms with Gasteiger partial charge in [0.15, 0.2) is 0 Å². The number of ether oxygens (including phenoxy) is 1. The Morgan fingerprint density at radius 1 is 1.58 bits per heavy atom. The van der Waals surface area contributed by atoms with Crippen molar-refractivity contribution >= 4 is 11.7 Å². The van der Waals surface area contributed by atoms with E-state index in [0.717, 1.165) is 6.92 Å². The Bertz CT molecular complexity index is 529. The van der Waals surface area contributed by atoms with Crippen LogP contribution in [0.25, 0.3) is 0 Å². The molecule has 10 heteroatoms. The predicted octanol–water partition coefficient (Wildman–Crippen LogP) is 1.82. The Labute approximate surface area is 103 Å². The minimum absolute atomic E-state index is 0.339. The highest BCUT2D eigenvalue weighted by Gasteiger charge is 2.34. The van der Waals surface area contributed by atoms with E-state index in [9.17, 15) is 28.1 Å². The molecule has 0 aromatic carbocycles. The molecular weight excluding hydrogens is 273 g/mol. The van der Waals surface area contributed by atoms with Crippen LogP contribution >= 0.6 is 0 Å². The number of hydrogen-bond donors (Lipinski definition) is 1. The van der Waals surface area contributed by atoms with Gasteiger partial charge in [-0.15, -0.1) is 13.2 Å². The standard InChI is InChI=1S/C9H7F3N2O5/c1-4-5(2-7(15)16)6(14(17)18)3-13-8(4)19-9(10,11)12/h3H,2H2,1H3,(H,15,16). The first-order valence-electron chi connectivity index (χ1n) is 4.72. The SMILES string of the molecule is Cc1c(OC(F)(F)F)ncc([N+](=O)[O-])c1CC(=O)O. The van der Waals surface area contributed by atoms with Crippen LogP contribution in [0, 0.1) is 17.0 Å². The van der Waals surface area contributed by atoms with Crippen molar-refractivity contribution in [3.05, 3.63) is 27.4 Å². The summed E-state index contributed by atoms with van der Waals surface area (Å²) in [5, 5.41) is 19.3. The predicted molar refractivity (Wildman–Crippen MR) is 53.7 cm³/mol. The second-order valence-electron chi connectivity index (χ2n) is 3.43. The van der Waals surface area contributed by atoms with Crippen LogP contribution in [0.3, 0.4) is 0 Å². The van der Waals surface area contributed by atoms with Gasteiger partial charge in [0.1, 0.15) is 6.20 Å². The van der Waals surface area contributed by atoms with E-state index in [4.69, 9.17) is 5.11 Å². The molecule has 104 valence electrons. The molecule has 1 rings (SSSR count). The van der Waals surface area contributed by atoms with Gasteiger partial charge in [-0.2, -0.15) is 0 Å². The average Bonchev–Trinajstić information content (AvgIpc) is 2.21. The Kier molecular flexibility index (Phi) is 3.92. The lowest BCUT2D eigenvalue weighted by Gasteiger charge is -2.12. The molecule has 0 saturated carbocycles. The summed E-state index contributed by atoms with van der Waals surface area (Å²) in [6.07, 6.45) is -5.29. The first-order valence-corrected chi connectivity index (χ1v) is 4.72. The van der Waals surface area contributed by atoms with Gasteiger partial charge in [0.2, 0.25) is 5.88 Å². The number of halogens is 3. The molecule has 0 atom stereocenters. The normalized spacial score (nSPS) is 11.2. The zero-order valence-electron chi connectivity index (χ0n) is 9.39. The number of rotatable bonds is 4. The van der Waals surface area contributed by atoms with Crippen LogP contribution in [0.2, 0.25) is 0 Å². The molecule has 19 heavy (non-hydrogen) atoms. The fourth-order valence-electron chi connectivity index (χ4n) is 1.36. The lowest BCUT2D eigenvalue weighted by Crippen LogP contribution is -2.19. The van der Waals surface area contributed by atoms with E-state index in [1.165, 1.54) is 0 Å². The lowest BCUT2D eigenvalue weighted by molar-refractivity contribution is -0.386. The van der Waals surface area contributed by atoms with Gasteiger partial charge in [0, 0.05) is 5.56 Å². The van der Waals surface area contributed by atoms with E-state index in [2.05, 4.69) is 9.72 Å². The van der Waals surface area contributed by atoms with Gasteiger partial charge >= 0.3 is 12.3 Å². The third-order valence-electron chi connectivity index (χ3n) is 2.12. The van der Waals surface area contributed by atoms with Gasteiger partial charge in [-0.05, 0) is 6.92 Å². The lowest BCUT2D eigenvalue weighted by atomic mass is 10.1. The van der Waals surface area contributed by atoms with Crippen molar-refractivity contribution in [2.75, 3.05) is 0 Å². The molecule has 0 amide bonds. The molecule has 0 aliphatic rings. The third kappa shape index (κ3) is 3.79. The Morgan fingerprint density at radius 2 is 2.16 bits per heavy atom. The zero-order chi connectivity index (χ0) is 14.8. The minimum atomic E-state index is -5.02. The largest absolute Gasteiger partial charge is 0.574 e. The smallest absolute Gasteiger partial charge is 0.481 e. The molecule has 0 unspecified atom stereocenters. The maximum absolute atomic E-state index is 12.1. The zero-order valence-corrected chi connectivity index (χ0v) is 9.39. The summed E-state index contributed by atoms with van der Waals surface area (Å²) >= 11 is 0. The van der Waals surface area contributed by atoms with E-state index in [-0.39, 0.29) is 11.1 Å². The topological polar surface area (TPSA) is 103 Å². The van der Waals surface area contributed by atoms with Crippen molar-refractivity contribution in [1.82, 2.24) is 4.98 Å². The second-order valence-corrected chi connectivity index (χ2v) is 3.43. The summed E-state index contributed by atoms with van der Waals surface area (Å²) in [5.41, 5.74) is -1.39. The summed E-state index contributed by atoms with van der Waals surface area (Å²) in [6.45, 7) is 1.07. The van der Waals surface area contributed by atoms with Gasteiger partial charge in [0.05, 0.1) is 16.9 Å². The molecule has 7 nitrogen and oxygen atoms in total. The van der Waals surface area contributed by atoms with Crippen LogP contribution in [-0.4, -0.2) is 27.3 Å². The minimum Gasteiger partial charge on any atom is -0.481 e. The van der Waals surface area contributed by atoms with Gasteiger partial charge in [-0.25, -0.2) is 4.98 Å². The van der Waals surface area contributed by atoms with E-state index >= 15 is 0 Å². The van der Waals surface area contributed by atoms with Crippen molar-refractivity contribution in [1.29, 1.82) is 0 Å². The number of carboxylic acids is 1. The number of carbonyl (C=O) groups is 1. The highest BCUT2D eigenvalue weighted by atomic mass is 19.4. The molecule has 0 aliphatic heterocycles. The van der Waals surface area contributed by atoms with E-state index in [1.54, 1.807) is 0 Å². The number of carboxylic acid groups (broad SMARTS) is 1. The van der Waals surface area contributed by atoms with Crippen LogP contribution in [0.15, 0.2) is 6.20 Å². The number of aromatic nitrogens is 1. The van der Waals surface area contributed by atoms with Crippen LogP contribution in [-0.2, 0) is 11.2 Å². The molecule has 1 aromatic heterocycles. The van der Waals surface area contributed by atoms with Crippen molar-refractivity contribution < 1.29 is 32.7 Å². The Morgan fingerprint density at radius 3 is 2.58 bits per heavy atom. The number of nitrogens with zero attached hydrogens (tertiary/aromatic N) is 2. The molecule has 0 fully saturated rings. The molecule has 0 aliphatic carbocycles. The first kappa shape index (κ1) is 14.7. The summed E-state index contributed by atoms with van der Waals surface area (Å²) in [4.78, 5) is 23.5.